The summed E-state index contributed by atoms with van der Waals surface area (Å²) in [6, 6.07) is 0. The third-order valence-corrected chi connectivity index (χ3v) is 6.91. The fourth-order valence-electron chi connectivity index (χ4n) is 5.95. The molecule has 5 fully saturated rings. The van der Waals surface area contributed by atoms with Crippen molar-refractivity contribution in [2.45, 2.75) is 33.1 Å². The highest BCUT2D eigenvalue weighted by molar-refractivity contribution is 5.39. The van der Waals surface area contributed by atoms with E-state index in [9.17, 15) is 0 Å². The van der Waals surface area contributed by atoms with E-state index >= 15 is 0 Å². The lowest BCUT2D eigenvalue weighted by molar-refractivity contribution is 0.147. The Morgan fingerprint density at radius 3 is 2.15 bits per heavy atom. The van der Waals surface area contributed by atoms with Gasteiger partial charge in [-0.3, -0.25) is 0 Å². The van der Waals surface area contributed by atoms with Crippen LogP contribution in [0.1, 0.15) is 33.1 Å². The summed E-state index contributed by atoms with van der Waals surface area (Å²) >= 11 is 0. The van der Waals surface area contributed by atoms with Crippen molar-refractivity contribution >= 4 is 0 Å². The second kappa shape index (κ2) is 1.33. The monoisotopic (exact) mass is 174 g/mol. The first kappa shape index (κ1) is 6.48. The van der Waals surface area contributed by atoms with E-state index < -0.39 is 0 Å². The molecule has 0 amide bonds. The molecule has 1 spiro atoms. The lowest BCUT2D eigenvalue weighted by Crippen LogP contribution is -2.27. The van der Waals surface area contributed by atoms with Crippen molar-refractivity contribution in [1.29, 1.82) is 0 Å². The Balaban J connectivity index is 1.47. The van der Waals surface area contributed by atoms with Gasteiger partial charge in [0.05, 0.1) is 0 Å². The van der Waals surface area contributed by atoms with Crippen LogP contribution in [0.3, 0.4) is 0 Å². The van der Waals surface area contributed by atoms with E-state index in [4.69, 9.17) is 0 Å². The summed E-state index contributed by atoms with van der Waals surface area (Å²) in [5, 5.41) is 0. The molecule has 7 unspecified atom stereocenters. The second-order valence-corrected chi connectivity index (χ2v) is 7.05. The zero-order chi connectivity index (χ0) is 8.59. The molecule has 70 valence electrons. The first-order chi connectivity index (χ1) is 6.20. The van der Waals surface area contributed by atoms with E-state index in [1.807, 2.05) is 0 Å². The van der Waals surface area contributed by atoms with Crippen LogP contribution in [0.4, 0.5) is 0 Å². The Morgan fingerprint density at radius 2 is 1.77 bits per heavy atom. The molecule has 5 aliphatic rings. The summed E-state index contributed by atoms with van der Waals surface area (Å²) < 4.78 is 0. The molecule has 0 N–H and O–H groups in total. The second-order valence-electron chi connectivity index (χ2n) is 7.05. The van der Waals surface area contributed by atoms with Gasteiger partial charge in [-0.05, 0) is 65.6 Å². The lowest BCUT2D eigenvalue weighted by Gasteiger charge is -2.33. The van der Waals surface area contributed by atoms with Gasteiger partial charge in [-0.15, -0.1) is 0 Å². The number of hydrogen-bond donors (Lipinski definition) is 0. The predicted octanol–water partition coefficient (Wildman–Crippen LogP) is 2.93. The Kier molecular flexibility index (Phi) is 0.664. The van der Waals surface area contributed by atoms with Crippen LogP contribution < -0.4 is 0 Å². The molecule has 0 saturated heterocycles. The fourth-order valence-corrected chi connectivity index (χ4v) is 5.95. The van der Waals surface area contributed by atoms with Crippen LogP contribution >= 0.6 is 0 Å². The average molecular weight is 174 g/mol. The summed E-state index contributed by atoms with van der Waals surface area (Å²) in [6.07, 6.45) is 4.83. The maximum Gasteiger partial charge on any atom is -0.0175 e. The van der Waals surface area contributed by atoms with Crippen molar-refractivity contribution in [3.63, 3.8) is 0 Å². The highest BCUT2D eigenvalue weighted by Crippen LogP contribution is 2.97. The van der Waals surface area contributed by atoms with Crippen LogP contribution in [0, 0.1) is 46.3 Å². The third-order valence-electron chi connectivity index (χ3n) is 6.91. The van der Waals surface area contributed by atoms with Gasteiger partial charge in [0.15, 0.2) is 0 Å². The number of hydrogen-bond acceptors (Lipinski definition) is 0. The number of fused-ring (bicyclic) bond motifs is 4. The Bertz CT molecular complexity index is 325. The van der Waals surface area contributed by atoms with Crippen LogP contribution in [0.25, 0.3) is 0 Å². The molecule has 0 radical (unpaired) electrons. The average Bonchev–Trinajstić information content (AvgIpc) is 2.77. The van der Waals surface area contributed by atoms with Gasteiger partial charge in [0.25, 0.3) is 0 Å². The molecule has 0 nitrogen and oxygen atoms in total. The largest absolute Gasteiger partial charge is 0.0619 e. The minimum Gasteiger partial charge on any atom is -0.0619 e. The van der Waals surface area contributed by atoms with Crippen molar-refractivity contribution in [1.82, 2.24) is 0 Å². The van der Waals surface area contributed by atoms with E-state index in [2.05, 4.69) is 13.8 Å². The van der Waals surface area contributed by atoms with Crippen molar-refractivity contribution in [2.24, 2.45) is 46.3 Å². The normalized spacial score (nSPS) is 85.4. The summed E-state index contributed by atoms with van der Waals surface area (Å²) in [5.41, 5.74) is 1.79. The Hall–Kier alpha value is 0. The highest BCUT2D eigenvalue weighted by atomic mass is 15.0. The Labute approximate surface area is 80.1 Å². The van der Waals surface area contributed by atoms with Gasteiger partial charge >= 0.3 is 0 Å². The molecule has 5 rings (SSSR count). The molecule has 7 atom stereocenters. The van der Waals surface area contributed by atoms with Gasteiger partial charge in [-0.1, -0.05) is 13.8 Å². The van der Waals surface area contributed by atoms with E-state index in [-0.39, 0.29) is 0 Å². The first-order valence-corrected chi connectivity index (χ1v) is 6.20. The standard InChI is InChI=1S/C13H18/c1-6-4-13(6)11-9(5-12(11,13)2)10-7-3-8(7)10/h6-11H,3-5H2,1-2H3. The Morgan fingerprint density at radius 1 is 1.08 bits per heavy atom. The van der Waals surface area contributed by atoms with Crippen molar-refractivity contribution in [3.8, 4) is 0 Å². The highest BCUT2D eigenvalue weighted by Gasteiger charge is 2.92. The number of rotatable bonds is 1. The zero-order valence-electron chi connectivity index (χ0n) is 8.59. The molecule has 5 aliphatic carbocycles. The molecular weight excluding hydrogens is 156 g/mol. The zero-order valence-corrected chi connectivity index (χ0v) is 8.59. The van der Waals surface area contributed by atoms with Gasteiger partial charge in [0.2, 0.25) is 0 Å². The lowest BCUT2D eigenvalue weighted by atomic mass is 9.71. The van der Waals surface area contributed by atoms with E-state index in [0.717, 1.165) is 16.7 Å². The molecule has 0 aromatic carbocycles. The third kappa shape index (κ3) is 0.427. The van der Waals surface area contributed by atoms with Crippen LogP contribution in [-0.4, -0.2) is 0 Å². The molecule has 0 heteroatoms. The maximum absolute atomic E-state index is 2.59. The quantitative estimate of drug-likeness (QED) is 0.573. The summed E-state index contributed by atoms with van der Waals surface area (Å²) in [5.74, 6) is 7.29. The molecule has 0 bridgehead atoms. The van der Waals surface area contributed by atoms with Gasteiger partial charge in [-0.2, -0.15) is 0 Å². The van der Waals surface area contributed by atoms with Crippen molar-refractivity contribution < 1.29 is 0 Å². The topological polar surface area (TPSA) is 0 Å². The SMILES string of the molecule is CC1CC12C1C(C3C4CC43)CC12C. The van der Waals surface area contributed by atoms with E-state index in [0.29, 0.717) is 0 Å². The molecule has 13 heavy (non-hydrogen) atoms. The van der Waals surface area contributed by atoms with E-state index in [1.165, 1.54) is 29.6 Å². The molecule has 0 aromatic heterocycles. The first-order valence-electron chi connectivity index (χ1n) is 6.20. The maximum atomic E-state index is 2.59. The van der Waals surface area contributed by atoms with Gasteiger partial charge in [0.1, 0.15) is 0 Å². The van der Waals surface area contributed by atoms with Crippen molar-refractivity contribution in [2.75, 3.05) is 0 Å². The van der Waals surface area contributed by atoms with Crippen LogP contribution in [0.15, 0.2) is 0 Å². The van der Waals surface area contributed by atoms with Gasteiger partial charge < -0.3 is 0 Å². The van der Waals surface area contributed by atoms with Crippen molar-refractivity contribution in [3.05, 3.63) is 0 Å². The minimum atomic E-state index is 0.867. The smallest absolute Gasteiger partial charge is 0.0175 e. The van der Waals surface area contributed by atoms with Crippen LogP contribution in [0.2, 0.25) is 0 Å². The minimum absolute atomic E-state index is 0.867. The van der Waals surface area contributed by atoms with Gasteiger partial charge in [0, 0.05) is 0 Å². The molecular formula is C13H18. The van der Waals surface area contributed by atoms with Gasteiger partial charge in [-0.25, -0.2) is 0 Å². The summed E-state index contributed by atoms with van der Waals surface area (Å²) in [4.78, 5) is 0. The molecule has 0 aliphatic heterocycles. The van der Waals surface area contributed by atoms with E-state index in [1.54, 1.807) is 19.3 Å². The van der Waals surface area contributed by atoms with Crippen LogP contribution in [0.5, 0.6) is 0 Å². The molecule has 0 heterocycles. The predicted molar refractivity (Wildman–Crippen MR) is 51.0 cm³/mol. The van der Waals surface area contributed by atoms with Crippen LogP contribution in [-0.2, 0) is 0 Å². The summed E-state index contributed by atoms with van der Waals surface area (Å²) in [6.45, 7) is 5.08. The fraction of sp³-hybridized carbons (Fsp3) is 1.00. The molecule has 0 aromatic rings. The molecule has 5 saturated carbocycles. The summed E-state index contributed by atoms with van der Waals surface area (Å²) in [7, 11) is 0.